The number of benzene rings is 2. The third-order valence-electron chi connectivity index (χ3n) is 8.21. The lowest BCUT2D eigenvalue weighted by Gasteiger charge is -2.41. The van der Waals surface area contributed by atoms with Crippen LogP contribution in [0.4, 0.5) is 8.78 Å². The second-order valence-electron chi connectivity index (χ2n) is 11.2. The van der Waals surface area contributed by atoms with Crippen molar-refractivity contribution in [3.8, 4) is 11.5 Å². The number of rotatable bonds is 10. The first-order chi connectivity index (χ1) is 22.0. The van der Waals surface area contributed by atoms with Crippen LogP contribution in [0.15, 0.2) is 59.7 Å². The van der Waals surface area contributed by atoms with E-state index in [-0.39, 0.29) is 30.3 Å². The van der Waals surface area contributed by atoms with E-state index in [9.17, 15) is 25.2 Å². The zero-order chi connectivity index (χ0) is 33.1. The number of alkyl halides is 1. The minimum atomic E-state index is -1.98. The molecule has 3 fully saturated rings. The molecule has 0 radical (unpaired) electrons. The van der Waals surface area contributed by atoms with Crippen molar-refractivity contribution >= 4 is 23.6 Å². The molecular weight excluding hydrogens is 632 g/mol. The summed E-state index contributed by atoms with van der Waals surface area (Å²) in [7, 11) is 0. The highest BCUT2D eigenvalue weighted by atomic mass is 35.5. The average molecular weight is 668 g/mol. The number of halogens is 3. The molecule has 1 saturated carbocycles. The Balaban J connectivity index is 1.20. The number of nitrogens with one attached hydrogen (secondary N) is 1. The summed E-state index contributed by atoms with van der Waals surface area (Å²) < 4.78 is 57.4. The second kappa shape index (κ2) is 14.7. The topological polar surface area (TPSA) is 156 Å². The van der Waals surface area contributed by atoms with Crippen molar-refractivity contribution in [1.82, 2.24) is 5.32 Å². The van der Waals surface area contributed by atoms with Crippen molar-refractivity contribution in [3.63, 3.8) is 0 Å². The number of hydrogen-bond donors (Lipinski definition) is 5. The van der Waals surface area contributed by atoms with Crippen LogP contribution in [0.2, 0.25) is 5.02 Å². The van der Waals surface area contributed by atoms with Gasteiger partial charge < -0.3 is 49.4 Å². The number of amides is 1. The van der Waals surface area contributed by atoms with Gasteiger partial charge in [0.05, 0.1) is 11.1 Å². The molecule has 2 saturated heterocycles. The minimum Gasteiger partial charge on any atom is -0.488 e. The fraction of sp³-hybridized carbons (Fsp3) is 0.469. The predicted molar refractivity (Wildman–Crippen MR) is 160 cm³/mol. The maximum absolute atomic E-state index is 15.1. The highest BCUT2D eigenvalue weighted by molar-refractivity contribution is 6.32. The van der Waals surface area contributed by atoms with E-state index in [1.54, 1.807) is 30.3 Å². The standard InChI is InChI=1S/C32H36ClF2NO10/c1-3-17(10-11-42-20-7-5-4-6-18(20)33)28-24(37)22(35)32(46-28)45-21-9-8-16(13-19(21)34)12-15(2)31(41)36-23-25(38)27(40)30-29(26(23)39)43-14-44-30/h4-10,12-13,22-30,32,37-40H,3,11,14H2,1-2H3,(H,36,41)/b15-12+,17-10-/t22-,23+,24-,25-,26+,27+,28+,29-,30+,32+/m0/s1. The highest BCUT2D eigenvalue weighted by Crippen LogP contribution is 2.34. The molecule has 10 atom stereocenters. The summed E-state index contributed by atoms with van der Waals surface area (Å²) in [6.07, 6.45) is -8.89. The van der Waals surface area contributed by atoms with Crippen LogP contribution < -0.4 is 14.8 Å². The first-order valence-electron chi connectivity index (χ1n) is 14.8. The van der Waals surface area contributed by atoms with Crippen LogP contribution in [0.5, 0.6) is 11.5 Å². The molecule has 5 N–H and O–H groups in total. The van der Waals surface area contributed by atoms with Gasteiger partial charge in [0.25, 0.3) is 0 Å². The number of carbonyl (C=O) groups is 1. The number of fused-ring (bicyclic) bond motifs is 1. The van der Waals surface area contributed by atoms with Crippen molar-refractivity contribution in [1.29, 1.82) is 0 Å². The number of para-hydroxylation sites is 1. The monoisotopic (exact) mass is 667 g/mol. The number of aliphatic hydroxyl groups is 4. The molecule has 3 aliphatic rings. The van der Waals surface area contributed by atoms with E-state index in [0.717, 1.165) is 6.07 Å². The lowest BCUT2D eigenvalue weighted by atomic mass is 9.83. The minimum absolute atomic E-state index is 0.0944. The molecule has 14 heteroatoms. The molecular formula is C32H36ClF2NO10. The van der Waals surface area contributed by atoms with Gasteiger partial charge in [-0.2, -0.15) is 0 Å². The van der Waals surface area contributed by atoms with Crippen LogP contribution in [-0.2, 0) is 19.0 Å². The first-order valence-corrected chi connectivity index (χ1v) is 15.1. The molecule has 1 aliphatic carbocycles. The van der Waals surface area contributed by atoms with Gasteiger partial charge in [-0.05, 0) is 60.9 Å². The quantitative estimate of drug-likeness (QED) is 0.188. The molecule has 0 unspecified atom stereocenters. The molecule has 2 aromatic rings. The average Bonchev–Trinajstić information content (AvgIpc) is 3.64. The Morgan fingerprint density at radius 1 is 1.04 bits per heavy atom. The lowest BCUT2D eigenvalue weighted by molar-refractivity contribution is -0.155. The third-order valence-corrected chi connectivity index (χ3v) is 8.53. The summed E-state index contributed by atoms with van der Waals surface area (Å²) in [6.45, 7) is 3.17. The molecule has 0 aromatic heterocycles. The fourth-order valence-electron chi connectivity index (χ4n) is 5.65. The fourth-order valence-corrected chi connectivity index (χ4v) is 5.84. The Kier molecular flexibility index (Phi) is 11.0. The van der Waals surface area contributed by atoms with Crippen LogP contribution in [0.1, 0.15) is 25.8 Å². The normalized spacial score (nSPS) is 33.1. The number of hydrogen-bond acceptors (Lipinski definition) is 10. The largest absolute Gasteiger partial charge is 0.488 e. The van der Waals surface area contributed by atoms with Gasteiger partial charge in [0.2, 0.25) is 12.2 Å². The van der Waals surface area contributed by atoms with E-state index in [2.05, 4.69) is 5.32 Å². The Morgan fingerprint density at radius 2 is 1.76 bits per heavy atom. The molecule has 250 valence electrons. The lowest BCUT2D eigenvalue weighted by Crippen LogP contribution is -2.67. The van der Waals surface area contributed by atoms with Gasteiger partial charge in [-0.1, -0.05) is 36.7 Å². The molecule has 1 amide bonds. The van der Waals surface area contributed by atoms with E-state index >= 15 is 8.78 Å². The first kappa shape index (κ1) is 34.2. The van der Waals surface area contributed by atoms with E-state index in [1.165, 1.54) is 25.1 Å². The third kappa shape index (κ3) is 7.21. The van der Waals surface area contributed by atoms with Crippen LogP contribution in [-0.4, -0.2) is 101 Å². The van der Waals surface area contributed by atoms with Crippen LogP contribution in [0.3, 0.4) is 0 Å². The maximum atomic E-state index is 15.1. The van der Waals surface area contributed by atoms with Gasteiger partial charge >= 0.3 is 0 Å². The Hall–Kier alpha value is -3.14. The Morgan fingerprint density at radius 3 is 2.46 bits per heavy atom. The van der Waals surface area contributed by atoms with Crippen molar-refractivity contribution in [2.45, 2.75) is 81.5 Å². The van der Waals surface area contributed by atoms with Gasteiger partial charge in [-0.25, -0.2) is 8.78 Å². The molecule has 5 rings (SSSR count). The molecule has 2 aliphatic heterocycles. The van der Waals surface area contributed by atoms with E-state index in [1.807, 2.05) is 6.92 Å². The summed E-state index contributed by atoms with van der Waals surface area (Å²) in [5.74, 6) is -1.43. The van der Waals surface area contributed by atoms with Gasteiger partial charge in [0.15, 0.2) is 17.7 Å². The van der Waals surface area contributed by atoms with Gasteiger partial charge in [-0.15, -0.1) is 0 Å². The smallest absolute Gasteiger partial charge is 0.247 e. The number of carbonyl (C=O) groups excluding carboxylic acids is 1. The van der Waals surface area contributed by atoms with Gasteiger partial charge in [-0.3, -0.25) is 4.79 Å². The van der Waals surface area contributed by atoms with Crippen molar-refractivity contribution < 1.29 is 57.7 Å². The maximum Gasteiger partial charge on any atom is 0.247 e. The molecule has 2 aromatic carbocycles. The second-order valence-corrected chi connectivity index (χ2v) is 11.6. The summed E-state index contributed by atoms with van der Waals surface area (Å²) in [5.41, 5.74) is 0.917. The summed E-state index contributed by atoms with van der Waals surface area (Å²) in [5, 5.41) is 44.8. The van der Waals surface area contributed by atoms with E-state index in [4.69, 9.17) is 35.3 Å². The highest BCUT2D eigenvalue weighted by Gasteiger charge is 2.53. The molecule has 11 nitrogen and oxygen atoms in total. The summed E-state index contributed by atoms with van der Waals surface area (Å²) in [6, 6.07) is 9.39. The Bertz CT molecular complexity index is 1460. The summed E-state index contributed by atoms with van der Waals surface area (Å²) >= 11 is 6.10. The molecule has 0 bridgehead atoms. The number of ether oxygens (including phenoxy) is 5. The van der Waals surface area contributed by atoms with Crippen molar-refractivity contribution in [2.75, 3.05) is 13.4 Å². The van der Waals surface area contributed by atoms with Crippen LogP contribution in [0, 0.1) is 5.82 Å². The van der Waals surface area contributed by atoms with Crippen LogP contribution in [0.25, 0.3) is 6.08 Å². The SMILES string of the molecule is CC/C(=C/COc1ccccc1Cl)[C@H]1O[C@@H](Oc2ccc(/C=C(\C)C(=O)N[C@@H]3[C@H](O)[C@@H](O)[C@H]4OCO[C@H]4[C@@H]3O)cc2F)[C@@H](F)[C@@H]1O. The van der Waals surface area contributed by atoms with Gasteiger partial charge in [0.1, 0.15) is 61.9 Å². The zero-order valence-corrected chi connectivity index (χ0v) is 25.7. The Labute approximate surface area is 268 Å². The van der Waals surface area contributed by atoms with Crippen molar-refractivity contribution in [2.24, 2.45) is 0 Å². The summed E-state index contributed by atoms with van der Waals surface area (Å²) in [4.78, 5) is 12.8. The molecule has 46 heavy (non-hydrogen) atoms. The zero-order valence-electron chi connectivity index (χ0n) is 25.0. The molecule has 0 spiro atoms. The molecule has 2 heterocycles. The van der Waals surface area contributed by atoms with Gasteiger partial charge in [0, 0.05) is 5.57 Å². The van der Waals surface area contributed by atoms with Crippen molar-refractivity contribution in [3.05, 3.63) is 76.1 Å². The predicted octanol–water partition coefficient (Wildman–Crippen LogP) is 2.42. The van der Waals surface area contributed by atoms with E-state index < -0.39 is 73.0 Å². The van der Waals surface area contributed by atoms with Crippen LogP contribution >= 0.6 is 11.6 Å². The van der Waals surface area contributed by atoms with E-state index in [0.29, 0.717) is 22.8 Å². The number of aliphatic hydroxyl groups excluding tert-OH is 4.